The van der Waals surface area contributed by atoms with E-state index in [-0.39, 0.29) is 17.9 Å². The molecule has 0 saturated heterocycles. The third-order valence-electron chi connectivity index (χ3n) is 2.27. The number of anilines is 1. The van der Waals surface area contributed by atoms with Gasteiger partial charge in [-0.15, -0.1) is 0 Å². The topological polar surface area (TPSA) is 95.9 Å². The van der Waals surface area contributed by atoms with Gasteiger partial charge in [-0.05, 0) is 12.1 Å². The van der Waals surface area contributed by atoms with Crippen LogP contribution in [0.2, 0.25) is 0 Å². The first kappa shape index (κ1) is 10.3. The van der Waals surface area contributed by atoms with Crippen LogP contribution in [0.3, 0.4) is 0 Å². The standard InChI is InChI=1S/C10H9NO5/c12-9(13)5-2-1-3-6-8(5)16-4-7(11-6)10(14)15/h1-3,7,11H,4H2,(H,12,13)(H,14,15). The van der Waals surface area contributed by atoms with Gasteiger partial charge < -0.3 is 20.3 Å². The van der Waals surface area contributed by atoms with Gasteiger partial charge >= 0.3 is 11.9 Å². The van der Waals surface area contributed by atoms with Crippen molar-refractivity contribution in [1.82, 2.24) is 0 Å². The molecule has 0 amide bonds. The highest BCUT2D eigenvalue weighted by Gasteiger charge is 2.27. The van der Waals surface area contributed by atoms with E-state index in [1.807, 2.05) is 0 Å². The Morgan fingerprint density at radius 2 is 2.12 bits per heavy atom. The molecule has 1 atom stereocenters. The third kappa shape index (κ3) is 1.65. The number of carboxylic acid groups (broad SMARTS) is 2. The summed E-state index contributed by atoms with van der Waals surface area (Å²) in [7, 11) is 0. The van der Waals surface area contributed by atoms with Gasteiger partial charge in [0.1, 0.15) is 12.2 Å². The number of ether oxygens (including phenoxy) is 1. The van der Waals surface area contributed by atoms with E-state index in [0.717, 1.165) is 0 Å². The summed E-state index contributed by atoms with van der Waals surface area (Å²) < 4.78 is 5.17. The van der Waals surface area contributed by atoms with Crippen LogP contribution in [0.5, 0.6) is 5.75 Å². The summed E-state index contributed by atoms with van der Waals surface area (Å²) in [4.78, 5) is 21.6. The van der Waals surface area contributed by atoms with Gasteiger partial charge in [0.25, 0.3) is 0 Å². The van der Waals surface area contributed by atoms with E-state index in [1.165, 1.54) is 12.1 Å². The van der Waals surface area contributed by atoms with Crippen molar-refractivity contribution in [3.8, 4) is 5.75 Å². The van der Waals surface area contributed by atoms with E-state index in [1.54, 1.807) is 6.07 Å². The van der Waals surface area contributed by atoms with Crippen LogP contribution < -0.4 is 10.1 Å². The Morgan fingerprint density at radius 1 is 1.38 bits per heavy atom. The normalized spacial score (nSPS) is 17.9. The highest BCUT2D eigenvalue weighted by atomic mass is 16.5. The predicted octanol–water partition coefficient (Wildman–Crippen LogP) is 0.642. The Morgan fingerprint density at radius 3 is 2.75 bits per heavy atom. The number of hydrogen-bond acceptors (Lipinski definition) is 4. The first-order valence-corrected chi connectivity index (χ1v) is 4.58. The van der Waals surface area contributed by atoms with Crippen LogP contribution in [0.1, 0.15) is 10.4 Å². The lowest BCUT2D eigenvalue weighted by Gasteiger charge is -2.25. The zero-order chi connectivity index (χ0) is 11.7. The molecular weight excluding hydrogens is 214 g/mol. The Bertz CT molecular complexity index is 457. The van der Waals surface area contributed by atoms with Gasteiger partial charge in [0.05, 0.1) is 5.69 Å². The number of para-hydroxylation sites is 1. The van der Waals surface area contributed by atoms with Crippen molar-refractivity contribution in [2.24, 2.45) is 0 Å². The summed E-state index contributed by atoms with van der Waals surface area (Å²) in [5.74, 6) is -1.95. The molecule has 6 heteroatoms. The molecule has 0 bridgehead atoms. The Balaban J connectivity index is 2.38. The van der Waals surface area contributed by atoms with Crippen LogP contribution in [0.15, 0.2) is 18.2 Å². The summed E-state index contributed by atoms with van der Waals surface area (Å²) in [6.07, 6.45) is 0. The zero-order valence-electron chi connectivity index (χ0n) is 8.14. The number of hydrogen-bond donors (Lipinski definition) is 3. The molecule has 0 fully saturated rings. The lowest BCUT2D eigenvalue weighted by atomic mass is 10.1. The van der Waals surface area contributed by atoms with E-state index in [9.17, 15) is 9.59 Å². The highest BCUT2D eigenvalue weighted by Crippen LogP contribution is 2.32. The van der Waals surface area contributed by atoms with Crippen LogP contribution >= 0.6 is 0 Å². The average Bonchev–Trinajstić information content (AvgIpc) is 2.27. The molecule has 84 valence electrons. The van der Waals surface area contributed by atoms with Crippen LogP contribution in [0.25, 0.3) is 0 Å². The van der Waals surface area contributed by atoms with Crippen molar-refractivity contribution in [3.63, 3.8) is 0 Å². The molecule has 6 nitrogen and oxygen atoms in total. The van der Waals surface area contributed by atoms with Gasteiger partial charge in [-0.1, -0.05) is 6.07 Å². The summed E-state index contributed by atoms with van der Waals surface area (Å²) in [5, 5.41) is 20.4. The fourth-order valence-electron chi connectivity index (χ4n) is 1.50. The van der Waals surface area contributed by atoms with E-state index < -0.39 is 18.0 Å². The minimum absolute atomic E-state index is 0.0221. The number of rotatable bonds is 2. The van der Waals surface area contributed by atoms with E-state index in [2.05, 4.69) is 5.32 Å². The number of aliphatic carboxylic acids is 1. The third-order valence-corrected chi connectivity index (χ3v) is 2.27. The number of nitrogens with one attached hydrogen (secondary N) is 1. The molecule has 0 saturated carbocycles. The lowest BCUT2D eigenvalue weighted by molar-refractivity contribution is -0.138. The molecule has 2 rings (SSSR count). The molecule has 1 aliphatic rings. The Hall–Kier alpha value is -2.24. The average molecular weight is 223 g/mol. The Labute approximate surface area is 90.5 Å². The van der Waals surface area contributed by atoms with Crippen molar-refractivity contribution in [1.29, 1.82) is 0 Å². The van der Waals surface area contributed by atoms with Crippen molar-refractivity contribution in [2.45, 2.75) is 6.04 Å². The molecule has 0 spiro atoms. The molecule has 0 aliphatic carbocycles. The zero-order valence-corrected chi connectivity index (χ0v) is 8.14. The molecule has 0 radical (unpaired) electrons. The SMILES string of the molecule is O=C(O)c1cccc2c1OCC(C(=O)O)N2. The molecule has 1 heterocycles. The summed E-state index contributed by atoms with van der Waals surface area (Å²) in [6.45, 7) is -0.0906. The molecule has 1 unspecified atom stereocenters. The van der Waals surface area contributed by atoms with E-state index in [4.69, 9.17) is 14.9 Å². The van der Waals surface area contributed by atoms with Crippen LogP contribution in [0.4, 0.5) is 5.69 Å². The minimum Gasteiger partial charge on any atom is -0.488 e. The number of fused-ring (bicyclic) bond motifs is 1. The van der Waals surface area contributed by atoms with Crippen molar-refractivity contribution >= 4 is 17.6 Å². The fraction of sp³-hybridized carbons (Fsp3) is 0.200. The van der Waals surface area contributed by atoms with Gasteiger partial charge in [-0.25, -0.2) is 9.59 Å². The smallest absolute Gasteiger partial charge is 0.339 e. The van der Waals surface area contributed by atoms with Crippen molar-refractivity contribution in [3.05, 3.63) is 23.8 Å². The van der Waals surface area contributed by atoms with Crippen LogP contribution in [-0.4, -0.2) is 34.8 Å². The minimum atomic E-state index is -1.10. The number of carbonyl (C=O) groups is 2. The molecular formula is C10H9NO5. The molecule has 16 heavy (non-hydrogen) atoms. The maximum Gasteiger partial charge on any atom is 0.339 e. The lowest BCUT2D eigenvalue weighted by Crippen LogP contribution is -2.38. The first-order valence-electron chi connectivity index (χ1n) is 4.58. The maximum absolute atomic E-state index is 10.9. The van der Waals surface area contributed by atoms with Crippen molar-refractivity contribution < 1.29 is 24.5 Å². The maximum atomic E-state index is 10.9. The number of carboxylic acids is 2. The van der Waals surface area contributed by atoms with Gasteiger partial charge in [0.2, 0.25) is 0 Å². The van der Waals surface area contributed by atoms with Crippen LogP contribution in [-0.2, 0) is 4.79 Å². The second-order valence-corrected chi connectivity index (χ2v) is 3.33. The summed E-state index contributed by atoms with van der Waals surface area (Å²) >= 11 is 0. The second kappa shape index (κ2) is 3.73. The number of benzene rings is 1. The van der Waals surface area contributed by atoms with Gasteiger partial charge in [0.15, 0.2) is 11.8 Å². The molecule has 0 aromatic heterocycles. The summed E-state index contributed by atoms with van der Waals surface area (Å²) in [6, 6.07) is 3.67. The van der Waals surface area contributed by atoms with Gasteiger partial charge in [-0.2, -0.15) is 0 Å². The summed E-state index contributed by atoms with van der Waals surface area (Å²) in [5.41, 5.74) is 0.410. The quantitative estimate of drug-likeness (QED) is 0.681. The molecule has 1 aromatic rings. The van der Waals surface area contributed by atoms with Crippen molar-refractivity contribution in [2.75, 3.05) is 11.9 Å². The highest BCUT2D eigenvalue weighted by molar-refractivity contribution is 5.94. The Kier molecular flexibility index (Phi) is 2.40. The molecule has 1 aliphatic heterocycles. The van der Waals surface area contributed by atoms with Crippen LogP contribution in [0, 0.1) is 0 Å². The second-order valence-electron chi connectivity index (χ2n) is 3.33. The fourth-order valence-corrected chi connectivity index (χ4v) is 1.50. The molecule has 3 N–H and O–H groups in total. The number of aromatic carboxylic acids is 1. The van der Waals surface area contributed by atoms with E-state index in [0.29, 0.717) is 5.69 Å². The molecule has 1 aromatic carbocycles. The van der Waals surface area contributed by atoms with Gasteiger partial charge in [-0.3, -0.25) is 0 Å². The first-order chi connectivity index (χ1) is 7.59. The monoisotopic (exact) mass is 223 g/mol. The van der Waals surface area contributed by atoms with E-state index >= 15 is 0 Å². The predicted molar refractivity (Wildman–Crippen MR) is 53.9 cm³/mol. The van der Waals surface area contributed by atoms with Gasteiger partial charge in [0, 0.05) is 0 Å². The largest absolute Gasteiger partial charge is 0.488 e.